The number of unbranched alkanes of at least 4 members (excludes halogenated alkanes) is 18. The van der Waals surface area contributed by atoms with Crippen LogP contribution in [-0.4, -0.2) is 37.1 Å². The molecular weight excluding hydrogens is 558 g/mol. The maximum absolute atomic E-state index is 12.6. The van der Waals surface area contributed by atoms with Crippen LogP contribution < -0.4 is 0 Å². The fourth-order valence-electron chi connectivity index (χ4n) is 5.11. The predicted octanol–water partition coefficient (Wildman–Crippen LogP) is 11.8. The molecule has 0 aliphatic heterocycles. The van der Waals surface area contributed by atoms with Crippen molar-refractivity contribution in [2.45, 2.75) is 169 Å². The van der Waals surface area contributed by atoms with Crippen LogP contribution in [0.4, 0.5) is 0 Å². The fourth-order valence-corrected chi connectivity index (χ4v) is 5.11. The van der Waals surface area contributed by atoms with E-state index in [1.54, 1.807) is 0 Å². The Bertz CT molecular complexity index is 553. The van der Waals surface area contributed by atoms with Gasteiger partial charge in [-0.05, 0) is 57.2 Å². The minimum absolute atomic E-state index is 0. The minimum Gasteiger partial charge on any atom is -0.460 e. The number of carbonyl (C=O) groups excluding carboxylic acids is 1. The first-order chi connectivity index (χ1) is 19.0. The van der Waals surface area contributed by atoms with Gasteiger partial charge in [0, 0.05) is 0 Å². The molecule has 0 spiro atoms. The van der Waals surface area contributed by atoms with Crippen molar-refractivity contribution in [1.29, 1.82) is 0 Å². The molecule has 0 aromatic carbocycles. The van der Waals surface area contributed by atoms with Gasteiger partial charge in [-0.15, -0.1) is 23.6 Å². The number of rotatable bonds is 30. The summed E-state index contributed by atoms with van der Waals surface area (Å²) in [5.41, 5.74) is 1.15. The van der Waals surface area contributed by atoms with Crippen molar-refractivity contribution in [3.8, 4) is 0 Å². The Balaban J connectivity index is 0. The van der Waals surface area contributed by atoms with E-state index in [2.05, 4.69) is 45.2 Å². The van der Waals surface area contributed by atoms with Crippen LogP contribution >= 0.6 is 17.0 Å². The third-order valence-electron chi connectivity index (χ3n) is 7.99. The normalized spacial score (nSPS) is 12.4. The number of carbonyl (C=O) groups is 1. The summed E-state index contributed by atoms with van der Waals surface area (Å²) in [5.74, 6) is 0.461. The van der Waals surface area contributed by atoms with Gasteiger partial charge >= 0.3 is 5.97 Å². The maximum Gasteiger partial charge on any atom is 0.320 e. The molecule has 0 aliphatic carbocycles. The molecular formula is C36H70BrNO2. The first kappa shape index (κ1) is 41.5. The molecule has 3 nitrogen and oxygen atoms in total. The zero-order valence-electron chi connectivity index (χ0n) is 27.5. The van der Waals surface area contributed by atoms with Crippen LogP contribution in [0.5, 0.6) is 0 Å². The molecule has 1 atom stereocenters. The topological polar surface area (TPSA) is 29.5 Å². The molecule has 0 bridgehead atoms. The zero-order chi connectivity index (χ0) is 28.8. The molecule has 0 saturated carbocycles. The van der Waals surface area contributed by atoms with Crippen molar-refractivity contribution in [1.82, 2.24) is 4.90 Å². The SMILES string of the molecule is Br.C=CC(C)CCC=C(C)COC(=O)CN(CCCCCCCCCCCC)CCCCCCCCCCCC. The predicted molar refractivity (Wildman–Crippen MR) is 184 cm³/mol. The van der Waals surface area contributed by atoms with Gasteiger partial charge in [0.1, 0.15) is 6.61 Å². The van der Waals surface area contributed by atoms with Crippen LogP contribution in [0.2, 0.25) is 0 Å². The Morgan fingerprint density at radius 1 is 0.725 bits per heavy atom. The van der Waals surface area contributed by atoms with Crippen molar-refractivity contribution in [2.24, 2.45) is 5.92 Å². The Labute approximate surface area is 262 Å². The van der Waals surface area contributed by atoms with Gasteiger partial charge in [-0.3, -0.25) is 9.69 Å². The lowest BCUT2D eigenvalue weighted by Crippen LogP contribution is -2.33. The Morgan fingerprint density at radius 3 is 1.52 bits per heavy atom. The van der Waals surface area contributed by atoms with Gasteiger partial charge in [-0.1, -0.05) is 148 Å². The molecule has 238 valence electrons. The molecule has 0 amide bonds. The zero-order valence-corrected chi connectivity index (χ0v) is 29.2. The average molecular weight is 629 g/mol. The lowest BCUT2D eigenvalue weighted by molar-refractivity contribution is -0.144. The summed E-state index contributed by atoms with van der Waals surface area (Å²) in [6, 6.07) is 0. The molecule has 0 fully saturated rings. The van der Waals surface area contributed by atoms with Crippen LogP contribution in [0.1, 0.15) is 169 Å². The molecule has 0 aliphatic rings. The second-order valence-electron chi connectivity index (χ2n) is 12.1. The molecule has 4 heteroatoms. The number of hydrogen-bond donors (Lipinski definition) is 0. The molecule has 40 heavy (non-hydrogen) atoms. The van der Waals surface area contributed by atoms with E-state index < -0.39 is 0 Å². The third kappa shape index (κ3) is 30.4. The summed E-state index contributed by atoms with van der Waals surface area (Å²) in [7, 11) is 0. The van der Waals surface area contributed by atoms with E-state index in [0.717, 1.165) is 31.5 Å². The number of ether oxygens (including phenoxy) is 1. The highest BCUT2D eigenvalue weighted by Crippen LogP contribution is 2.13. The van der Waals surface area contributed by atoms with Crippen molar-refractivity contribution in [3.63, 3.8) is 0 Å². The number of nitrogens with zero attached hydrogens (tertiary/aromatic N) is 1. The van der Waals surface area contributed by atoms with E-state index in [4.69, 9.17) is 4.74 Å². The van der Waals surface area contributed by atoms with Crippen molar-refractivity contribution >= 4 is 23.0 Å². The van der Waals surface area contributed by atoms with Crippen LogP contribution in [0.15, 0.2) is 24.3 Å². The Hall–Kier alpha value is -0.610. The summed E-state index contributed by atoms with van der Waals surface area (Å²) in [6.07, 6.45) is 33.3. The molecule has 0 aromatic rings. The molecule has 0 heterocycles. The highest BCUT2D eigenvalue weighted by atomic mass is 79.9. The van der Waals surface area contributed by atoms with Crippen LogP contribution in [0.25, 0.3) is 0 Å². The molecule has 0 aromatic heterocycles. The summed E-state index contributed by atoms with van der Waals surface area (Å²) >= 11 is 0. The number of allylic oxidation sites excluding steroid dienone is 2. The number of halogens is 1. The largest absolute Gasteiger partial charge is 0.460 e. The lowest BCUT2D eigenvalue weighted by Gasteiger charge is -2.21. The van der Waals surface area contributed by atoms with E-state index in [9.17, 15) is 4.79 Å². The summed E-state index contributed by atoms with van der Waals surface area (Å²) in [5, 5.41) is 0. The van der Waals surface area contributed by atoms with Crippen molar-refractivity contribution < 1.29 is 9.53 Å². The van der Waals surface area contributed by atoms with Gasteiger partial charge in [0.2, 0.25) is 0 Å². The molecule has 1 unspecified atom stereocenters. The van der Waals surface area contributed by atoms with Crippen LogP contribution in [0.3, 0.4) is 0 Å². The lowest BCUT2D eigenvalue weighted by atomic mass is 10.1. The van der Waals surface area contributed by atoms with Gasteiger partial charge in [-0.25, -0.2) is 0 Å². The van der Waals surface area contributed by atoms with Gasteiger partial charge in [-0.2, -0.15) is 0 Å². The number of esters is 1. The van der Waals surface area contributed by atoms with Crippen LogP contribution in [-0.2, 0) is 9.53 Å². The van der Waals surface area contributed by atoms with Crippen molar-refractivity contribution in [2.75, 3.05) is 26.2 Å². The fraction of sp³-hybridized carbons (Fsp3) is 0.861. The van der Waals surface area contributed by atoms with E-state index >= 15 is 0 Å². The third-order valence-corrected chi connectivity index (χ3v) is 7.99. The summed E-state index contributed by atoms with van der Waals surface area (Å²) in [4.78, 5) is 15.0. The second-order valence-corrected chi connectivity index (χ2v) is 12.1. The standard InChI is InChI=1S/C36H69NO2.BrH/c1-6-9-11-13-15-17-19-21-23-25-30-37(31-26-24-22-20-18-16-14-12-10-7-2)32-36(38)39-33-35(5)29-27-28-34(4)8-3;/h8,29,34H,3,6-7,9-28,30-33H2,1-2,4-5H3;1H. The minimum atomic E-state index is -0.0682. The van der Waals surface area contributed by atoms with Gasteiger partial charge < -0.3 is 4.74 Å². The highest BCUT2D eigenvalue weighted by Gasteiger charge is 2.12. The molecule has 0 radical (unpaired) electrons. The van der Waals surface area contributed by atoms with Gasteiger partial charge in [0.15, 0.2) is 0 Å². The Morgan fingerprint density at radius 2 is 1.12 bits per heavy atom. The first-order valence-electron chi connectivity index (χ1n) is 17.2. The first-order valence-corrected chi connectivity index (χ1v) is 17.2. The quantitative estimate of drug-likeness (QED) is 0.0450. The van der Waals surface area contributed by atoms with Crippen molar-refractivity contribution in [3.05, 3.63) is 24.3 Å². The van der Waals surface area contributed by atoms with E-state index in [1.807, 2.05) is 6.08 Å². The highest BCUT2D eigenvalue weighted by molar-refractivity contribution is 8.93. The van der Waals surface area contributed by atoms with E-state index in [0.29, 0.717) is 19.1 Å². The number of hydrogen-bond acceptors (Lipinski definition) is 3. The average Bonchev–Trinajstić information content (AvgIpc) is 2.93. The smallest absolute Gasteiger partial charge is 0.320 e. The molecule has 0 saturated heterocycles. The van der Waals surface area contributed by atoms with Gasteiger partial charge in [0.25, 0.3) is 0 Å². The monoisotopic (exact) mass is 627 g/mol. The summed E-state index contributed by atoms with van der Waals surface area (Å²) in [6.45, 7) is 15.6. The van der Waals surface area contributed by atoms with Gasteiger partial charge in [0.05, 0.1) is 6.54 Å². The van der Waals surface area contributed by atoms with Crippen LogP contribution in [0, 0.1) is 5.92 Å². The van der Waals surface area contributed by atoms with E-state index in [-0.39, 0.29) is 23.0 Å². The second kappa shape index (κ2) is 32.9. The molecule has 0 rings (SSSR count). The van der Waals surface area contributed by atoms with E-state index in [1.165, 1.54) is 128 Å². The molecule has 0 N–H and O–H groups in total. The summed E-state index contributed by atoms with van der Waals surface area (Å²) < 4.78 is 5.65. The Kier molecular flexibility index (Phi) is 34.2. The maximum atomic E-state index is 12.6.